The molecule has 0 aliphatic heterocycles. The Kier molecular flexibility index (Phi) is 5.28. The van der Waals surface area contributed by atoms with Crippen molar-refractivity contribution in [3.8, 4) is 0 Å². The van der Waals surface area contributed by atoms with Crippen LogP contribution < -0.4 is 5.32 Å². The van der Waals surface area contributed by atoms with Crippen molar-refractivity contribution >= 4 is 22.4 Å². The molecule has 4 heteroatoms. The Labute approximate surface area is 127 Å². The monoisotopic (exact) mass is 301 g/mol. The summed E-state index contributed by atoms with van der Waals surface area (Å²) in [7, 11) is -1.20. The molecule has 1 atom stereocenters. The van der Waals surface area contributed by atoms with E-state index in [1.54, 1.807) is 0 Å². The maximum absolute atomic E-state index is 12.0. The second-order valence-electron chi connectivity index (χ2n) is 5.13. The fourth-order valence-corrected chi connectivity index (χ4v) is 3.04. The highest BCUT2D eigenvalue weighted by Crippen LogP contribution is 2.10. The van der Waals surface area contributed by atoms with Crippen molar-refractivity contribution in [2.24, 2.45) is 0 Å². The smallest absolute Gasteiger partial charge is 0.237 e. The number of amides is 1. The molecular weight excluding hydrogens is 282 g/mol. The minimum Gasteiger partial charge on any atom is -0.325 e. The average molecular weight is 301 g/mol. The van der Waals surface area contributed by atoms with Gasteiger partial charge in [0.05, 0.1) is 0 Å². The number of anilines is 1. The number of carbonyl (C=O) groups excluding carboxylic acids is 1. The van der Waals surface area contributed by atoms with Crippen molar-refractivity contribution in [3.05, 3.63) is 65.2 Å². The van der Waals surface area contributed by atoms with Gasteiger partial charge in [-0.05, 0) is 31.5 Å². The van der Waals surface area contributed by atoms with E-state index in [1.807, 2.05) is 62.4 Å². The van der Waals surface area contributed by atoms with E-state index >= 15 is 0 Å². The third-order valence-electron chi connectivity index (χ3n) is 3.04. The third-order valence-corrected chi connectivity index (χ3v) is 4.28. The van der Waals surface area contributed by atoms with Crippen LogP contribution in [0, 0.1) is 13.8 Å². The number of nitrogens with one attached hydrogen (secondary N) is 1. The molecule has 0 spiro atoms. The van der Waals surface area contributed by atoms with E-state index < -0.39 is 10.8 Å². The van der Waals surface area contributed by atoms with E-state index in [2.05, 4.69) is 5.32 Å². The SMILES string of the molecule is Cc1ccc(NC(=O)CS(=O)Cc2cccc(C)c2)cc1. The first-order valence-electron chi connectivity index (χ1n) is 6.80. The van der Waals surface area contributed by atoms with Gasteiger partial charge >= 0.3 is 0 Å². The number of benzene rings is 2. The molecule has 3 nitrogen and oxygen atoms in total. The largest absolute Gasteiger partial charge is 0.325 e. The summed E-state index contributed by atoms with van der Waals surface area (Å²) in [5.41, 5.74) is 4.00. The molecular formula is C17H19NO2S. The first-order valence-corrected chi connectivity index (χ1v) is 8.29. The fourth-order valence-electron chi connectivity index (χ4n) is 2.02. The van der Waals surface area contributed by atoms with E-state index in [0.717, 1.165) is 22.4 Å². The molecule has 21 heavy (non-hydrogen) atoms. The molecule has 1 amide bonds. The Hall–Kier alpha value is -1.94. The predicted octanol–water partition coefficient (Wildman–Crippen LogP) is 3.19. The summed E-state index contributed by atoms with van der Waals surface area (Å²) in [5.74, 6) is 0.204. The zero-order valence-corrected chi connectivity index (χ0v) is 13.1. The highest BCUT2D eigenvalue weighted by Gasteiger charge is 2.09. The van der Waals surface area contributed by atoms with Gasteiger partial charge in [0, 0.05) is 22.2 Å². The van der Waals surface area contributed by atoms with Crippen LogP contribution in [0.3, 0.4) is 0 Å². The number of rotatable bonds is 5. The number of carbonyl (C=O) groups is 1. The van der Waals surface area contributed by atoms with Gasteiger partial charge in [-0.25, -0.2) is 0 Å². The molecule has 0 aliphatic rings. The van der Waals surface area contributed by atoms with Crippen LogP contribution in [0.1, 0.15) is 16.7 Å². The Bertz CT molecular complexity index is 650. The molecule has 0 saturated carbocycles. The Morgan fingerprint density at radius 3 is 2.43 bits per heavy atom. The van der Waals surface area contributed by atoms with Gasteiger partial charge in [-0.2, -0.15) is 0 Å². The molecule has 0 bridgehead atoms. The molecule has 110 valence electrons. The summed E-state index contributed by atoms with van der Waals surface area (Å²) < 4.78 is 12.0. The lowest BCUT2D eigenvalue weighted by molar-refractivity contribution is -0.113. The van der Waals surface area contributed by atoms with Crippen molar-refractivity contribution in [2.45, 2.75) is 19.6 Å². The summed E-state index contributed by atoms with van der Waals surface area (Å²) in [5, 5.41) is 2.77. The summed E-state index contributed by atoms with van der Waals surface area (Å²) in [4.78, 5) is 11.9. The molecule has 0 aromatic heterocycles. The van der Waals surface area contributed by atoms with Crippen LogP contribution in [0.25, 0.3) is 0 Å². The number of hydrogen-bond donors (Lipinski definition) is 1. The summed E-state index contributed by atoms with van der Waals surface area (Å²) in [6, 6.07) is 15.4. The van der Waals surface area contributed by atoms with Gasteiger partial charge in [-0.3, -0.25) is 9.00 Å². The van der Waals surface area contributed by atoms with Crippen LogP contribution in [-0.2, 0) is 21.3 Å². The molecule has 0 radical (unpaired) electrons. The fraction of sp³-hybridized carbons (Fsp3) is 0.235. The topological polar surface area (TPSA) is 46.2 Å². The van der Waals surface area contributed by atoms with Crippen LogP contribution in [0.4, 0.5) is 5.69 Å². The molecule has 2 aromatic rings. The van der Waals surface area contributed by atoms with Gasteiger partial charge in [0.1, 0.15) is 5.75 Å². The quantitative estimate of drug-likeness (QED) is 0.922. The maximum atomic E-state index is 12.0. The van der Waals surface area contributed by atoms with Crippen molar-refractivity contribution < 1.29 is 9.00 Å². The van der Waals surface area contributed by atoms with Crippen LogP contribution in [0.5, 0.6) is 0 Å². The maximum Gasteiger partial charge on any atom is 0.237 e. The second kappa shape index (κ2) is 7.18. The lowest BCUT2D eigenvalue weighted by Crippen LogP contribution is -2.20. The molecule has 0 heterocycles. The normalized spacial score (nSPS) is 11.9. The Morgan fingerprint density at radius 1 is 1.05 bits per heavy atom. The summed E-state index contributed by atoms with van der Waals surface area (Å²) in [6.07, 6.45) is 0. The van der Waals surface area contributed by atoms with Crippen LogP contribution in [-0.4, -0.2) is 15.9 Å². The summed E-state index contributed by atoms with van der Waals surface area (Å²) >= 11 is 0. The van der Waals surface area contributed by atoms with Crippen molar-refractivity contribution in [2.75, 3.05) is 11.1 Å². The first kappa shape index (κ1) is 15.4. The highest BCUT2D eigenvalue weighted by atomic mass is 32.2. The van der Waals surface area contributed by atoms with Crippen molar-refractivity contribution in [1.82, 2.24) is 0 Å². The predicted molar refractivity (Wildman–Crippen MR) is 87.7 cm³/mol. The first-order chi connectivity index (χ1) is 10.0. The van der Waals surface area contributed by atoms with Gasteiger partial charge in [-0.1, -0.05) is 47.5 Å². The second-order valence-corrected chi connectivity index (χ2v) is 6.59. The molecule has 1 unspecified atom stereocenters. The van der Waals surface area contributed by atoms with Gasteiger partial charge in [0.25, 0.3) is 0 Å². The van der Waals surface area contributed by atoms with E-state index in [9.17, 15) is 9.00 Å². The van der Waals surface area contributed by atoms with Gasteiger partial charge < -0.3 is 5.32 Å². The zero-order chi connectivity index (χ0) is 15.2. The highest BCUT2D eigenvalue weighted by molar-refractivity contribution is 7.84. The molecule has 0 saturated heterocycles. The lowest BCUT2D eigenvalue weighted by Gasteiger charge is -2.06. The Balaban J connectivity index is 1.87. The average Bonchev–Trinajstić information content (AvgIpc) is 2.41. The molecule has 1 N–H and O–H groups in total. The van der Waals surface area contributed by atoms with E-state index in [4.69, 9.17) is 0 Å². The van der Waals surface area contributed by atoms with Gasteiger partial charge in [0.2, 0.25) is 5.91 Å². The standard InChI is InChI=1S/C17H19NO2S/c1-13-6-8-16(9-7-13)18-17(19)12-21(20)11-15-5-3-4-14(2)10-15/h3-10H,11-12H2,1-2H3,(H,18,19). The zero-order valence-electron chi connectivity index (χ0n) is 12.3. The Morgan fingerprint density at radius 2 is 1.76 bits per heavy atom. The van der Waals surface area contributed by atoms with E-state index in [-0.39, 0.29) is 11.7 Å². The molecule has 0 fully saturated rings. The van der Waals surface area contributed by atoms with Gasteiger partial charge in [-0.15, -0.1) is 0 Å². The molecule has 0 aliphatic carbocycles. The van der Waals surface area contributed by atoms with Gasteiger partial charge in [0.15, 0.2) is 0 Å². The van der Waals surface area contributed by atoms with Crippen molar-refractivity contribution in [1.29, 1.82) is 0 Å². The molecule has 2 aromatic carbocycles. The van der Waals surface area contributed by atoms with Crippen molar-refractivity contribution in [3.63, 3.8) is 0 Å². The van der Waals surface area contributed by atoms with E-state index in [1.165, 1.54) is 0 Å². The van der Waals surface area contributed by atoms with Crippen LogP contribution in [0.15, 0.2) is 48.5 Å². The molecule has 2 rings (SSSR count). The number of aryl methyl sites for hydroxylation is 2. The third kappa shape index (κ3) is 5.16. The summed E-state index contributed by atoms with van der Waals surface area (Å²) in [6.45, 7) is 3.99. The van der Waals surface area contributed by atoms with Crippen LogP contribution >= 0.6 is 0 Å². The lowest BCUT2D eigenvalue weighted by atomic mass is 10.2. The minimum absolute atomic E-state index is 0.0157. The van der Waals surface area contributed by atoms with E-state index in [0.29, 0.717) is 5.75 Å². The van der Waals surface area contributed by atoms with Crippen LogP contribution in [0.2, 0.25) is 0 Å². The minimum atomic E-state index is -1.20. The number of hydrogen-bond acceptors (Lipinski definition) is 2.